The van der Waals surface area contributed by atoms with Gasteiger partial charge in [0.15, 0.2) is 17.3 Å². The van der Waals surface area contributed by atoms with Crippen LogP contribution in [0.25, 0.3) is 0 Å². The molecule has 36 heavy (non-hydrogen) atoms. The lowest BCUT2D eigenvalue weighted by Crippen LogP contribution is -2.38. The van der Waals surface area contributed by atoms with E-state index in [1.165, 1.54) is 0 Å². The molecule has 0 amide bonds. The van der Waals surface area contributed by atoms with Crippen LogP contribution in [0.4, 0.5) is 0 Å². The lowest BCUT2D eigenvalue weighted by molar-refractivity contribution is -0.147. The molecule has 190 valence electrons. The molecule has 1 heterocycles. The second kappa shape index (κ2) is 11.3. The summed E-state index contributed by atoms with van der Waals surface area (Å²) in [7, 11) is 4.72. The van der Waals surface area contributed by atoms with E-state index in [2.05, 4.69) is 0 Å². The van der Waals surface area contributed by atoms with E-state index in [4.69, 9.17) is 35.5 Å². The van der Waals surface area contributed by atoms with Crippen LogP contribution in [0.1, 0.15) is 42.7 Å². The Morgan fingerprint density at radius 1 is 1.00 bits per heavy atom. The first-order valence-corrected chi connectivity index (χ1v) is 12.2. The molecule has 1 unspecified atom stereocenters. The smallest absolute Gasteiger partial charge is 0.315 e. The molecular formula is C28H30ClNO6. The summed E-state index contributed by atoms with van der Waals surface area (Å²) in [6, 6.07) is 13.0. The van der Waals surface area contributed by atoms with Crippen LogP contribution in [0, 0.1) is 5.92 Å². The summed E-state index contributed by atoms with van der Waals surface area (Å²) in [4.78, 5) is 31.7. The average molecular weight is 512 g/mol. The summed E-state index contributed by atoms with van der Waals surface area (Å²) in [6.45, 7) is 2.23. The maximum absolute atomic E-state index is 13.7. The molecule has 2 aromatic rings. The third-order valence-corrected chi connectivity index (χ3v) is 7.00. The van der Waals surface area contributed by atoms with E-state index in [0.717, 1.165) is 11.1 Å². The van der Waals surface area contributed by atoms with Crippen molar-refractivity contribution in [1.82, 2.24) is 0 Å². The molecule has 3 atom stereocenters. The Balaban J connectivity index is 1.74. The van der Waals surface area contributed by atoms with Crippen molar-refractivity contribution in [2.45, 2.75) is 31.6 Å². The molecule has 1 aliphatic carbocycles. The molecule has 0 N–H and O–H groups in total. The highest BCUT2D eigenvalue weighted by Crippen LogP contribution is 2.47. The molecule has 0 saturated heterocycles. The van der Waals surface area contributed by atoms with Gasteiger partial charge >= 0.3 is 5.97 Å². The zero-order chi connectivity index (χ0) is 25.8. The largest absolute Gasteiger partial charge is 0.493 e. The van der Waals surface area contributed by atoms with Gasteiger partial charge in [0.05, 0.1) is 20.8 Å². The Bertz CT molecular complexity index is 1220. The molecular weight excluding hydrogens is 482 g/mol. The second-order valence-corrected chi connectivity index (χ2v) is 9.36. The Morgan fingerprint density at radius 3 is 2.47 bits per heavy atom. The second-order valence-electron chi connectivity index (χ2n) is 8.93. The fourth-order valence-electron chi connectivity index (χ4n) is 5.08. The zero-order valence-corrected chi connectivity index (χ0v) is 21.6. The molecule has 4 rings (SSSR count). The number of benzene rings is 2. The number of esters is 1. The van der Waals surface area contributed by atoms with Crippen molar-refractivity contribution < 1.29 is 28.5 Å². The molecule has 0 saturated carbocycles. The molecule has 0 aromatic heterocycles. The van der Waals surface area contributed by atoms with Gasteiger partial charge in [0.2, 0.25) is 0 Å². The highest BCUT2D eigenvalue weighted by Gasteiger charge is 2.44. The number of Topliss-reactive ketones (excluding diaryl/α,β-unsaturated/α-hetero) is 1. The first-order chi connectivity index (χ1) is 17.4. The highest BCUT2D eigenvalue weighted by molar-refractivity contribution is 6.30. The van der Waals surface area contributed by atoms with E-state index in [0.29, 0.717) is 46.3 Å². The van der Waals surface area contributed by atoms with Crippen LogP contribution in [0.15, 0.2) is 58.7 Å². The molecule has 7 nitrogen and oxygen atoms in total. The van der Waals surface area contributed by atoms with Gasteiger partial charge in [-0.15, -0.1) is 0 Å². The lowest BCUT2D eigenvalue weighted by atomic mass is 9.69. The molecule has 2 aliphatic rings. The van der Waals surface area contributed by atoms with Gasteiger partial charge in [-0.3, -0.25) is 14.6 Å². The first kappa shape index (κ1) is 25.9. The summed E-state index contributed by atoms with van der Waals surface area (Å²) >= 11 is 6.31. The van der Waals surface area contributed by atoms with E-state index >= 15 is 0 Å². The summed E-state index contributed by atoms with van der Waals surface area (Å²) in [6.07, 6.45) is 0.863. The van der Waals surface area contributed by atoms with E-state index < -0.39 is 17.8 Å². The van der Waals surface area contributed by atoms with Crippen molar-refractivity contribution in [1.29, 1.82) is 0 Å². The molecule has 0 spiro atoms. The van der Waals surface area contributed by atoms with E-state index in [1.54, 1.807) is 33.5 Å². The molecule has 1 aliphatic heterocycles. The van der Waals surface area contributed by atoms with Crippen molar-refractivity contribution in [3.63, 3.8) is 0 Å². The number of ether oxygens (including phenoxy) is 4. The highest BCUT2D eigenvalue weighted by atomic mass is 35.5. The van der Waals surface area contributed by atoms with Gasteiger partial charge in [-0.25, -0.2) is 0 Å². The molecule has 0 fully saturated rings. The SMILES string of the molecule is COCCOC(=O)C1C(C)=NC2=C(C(=O)C[C@@H](c3ccc(OC)c(OC)c3)C2)[C@@H]1c1cccc(Cl)c1. The standard InChI is InChI=1S/C28H30ClNO6/c1-16-25(28(32)36-11-10-33-2)26(18-6-5-7-20(29)12-18)27-21(30-16)13-19(14-22(27)31)17-8-9-23(34-3)24(15-17)35-4/h5-9,12,15,19,25-26H,10-11,13-14H2,1-4H3/t19-,25?,26+/m0/s1. The van der Waals surface area contributed by atoms with Crippen molar-refractivity contribution in [2.75, 3.05) is 34.5 Å². The van der Waals surface area contributed by atoms with Crippen molar-refractivity contribution >= 4 is 29.1 Å². The lowest BCUT2D eigenvalue weighted by Gasteiger charge is -2.36. The van der Waals surface area contributed by atoms with Crippen LogP contribution >= 0.6 is 11.6 Å². The van der Waals surface area contributed by atoms with Crippen LogP contribution < -0.4 is 9.47 Å². The summed E-state index contributed by atoms with van der Waals surface area (Å²) in [5.74, 6) is -0.540. The minimum atomic E-state index is -0.722. The number of nitrogens with zero attached hydrogens (tertiary/aromatic N) is 1. The first-order valence-electron chi connectivity index (χ1n) is 11.8. The Morgan fingerprint density at radius 2 is 1.78 bits per heavy atom. The van der Waals surface area contributed by atoms with Crippen molar-refractivity contribution in [2.24, 2.45) is 10.9 Å². The quantitative estimate of drug-likeness (QED) is 0.361. The predicted octanol–water partition coefficient (Wildman–Crippen LogP) is 5.12. The summed E-state index contributed by atoms with van der Waals surface area (Å²) < 4.78 is 21.3. The Kier molecular flexibility index (Phi) is 8.11. The predicted molar refractivity (Wildman–Crippen MR) is 137 cm³/mol. The van der Waals surface area contributed by atoms with Gasteiger partial charge in [-0.05, 0) is 54.7 Å². The molecule has 8 heteroatoms. The average Bonchev–Trinajstić information content (AvgIpc) is 2.87. The minimum Gasteiger partial charge on any atom is -0.493 e. The van der Waals surface area contributed by atoms with Crippen molar-refractivity contribution in [3.05, 3.63) is 69.9 Å². The minimum absolute atomic E-state index is 0.0352. The van der Waals surface area contributed by atoms with Gasteiger partial charge < -0.3 is 18.9 Å². The van der Waals surface area contributed by atoms with E-state index in [-0.39, 0.29) is 24.9 Å². The fraction of sp³-hybridized carbons (Fsp3) is 0.393. The molecule has 0 bridgehead atoms. The Labute approximate surface area is 216 Å². The number of allylic oxidation sites excluding steroid dienone is 2. The van der Waals surface area contributed by atoms with Crippen LogP contribution in [0.3, 0.4) is 0 Å². The monoisotopic (exact) mass is 511 g/mol. The van der Waals surface area contributed by atoms with Crippen LogP contribution in [-0.4, -0.2) is 52.0 Å². The zero-order valence-electron chi connectivity index (χ0n) is 20.9. The fourth-order valence-corrected chi connectivity index (χ4v) is 5.28. The molecule has 0 radical (unpaired) electrons. The van der Waals surface area contributed by atoms with Gasteiger partial charge in [0.25, 0.3) is 0 Å². The normalized spacial score (nSPS) is 21.5. The van der Waals surface area contributed by atoms with Gasteiger partial charge in [-0.2, -0.15) is 0 Å². The third kappa shape index (κ3) is 5.18. The number of ketones is 1. The Hall–Kier alpha value is -3.16. The maximum Gasteiger partial charge on any atom is 0.315 e. The number of rotatable bonds is 8. The van der Waals surface area contributed by atoms with Crippen LogP contribution in [-0.2, 0) is 19.1 Å². The molecule has 2 aromatic carbocycles. The number of carbonyl (C=O) groups excluding carboxylic acids is 2. The number of methoxy groups -OCH3 is 3. The topological polar surface area (TPSA) is 83.4 Å². The van der Waals surface area contributed by atoms with Crippen molar-refractivity contribution in [3.8, 4) is 11.5 Å². The van der Waals surface area contributed by atoms with E-state index in [1.807, 2.05) is 37.3 Å². The number of aliphatic imine (C=N–C) groups is 1. The number of halogens is 1. The third-order valence-electron chi connectivity index (χ3n) is 6.76. The van der Waals surface area contributed by atoms with Gasteiger partial charge in [0.1, 0.15) is 12.5 Å². The maximum atomic E-state index is 13.7. The number of hydrogen-bond acceptors (Lipinski definition) is 7. The number of carbonyl (C=O) groups is 2. The number of hydrogen-bond donors (Lipinski definition) is 0. The summed E-state index contributed by atoms with van der Waals surface area (Å²) in [5, 5.41) is 0.535. The van der Waals surface area contributed by atoms with Crippen LogP contribution in [0.2, 0.25) is 5.02 Å². The summed E-state index contributed by atoms with van der Waals surface area (Å²) in [5.41, 5.74) is 3.64. The van der Waals surface area contributed by atoms with Crippen LogP contribution in [0.5, 0.6) is 11.5 Å². The van der Waals surface area contributed by atoms with Gasteiger partial charge in [0, 0.05) is 41.5 Å². The van der Waals surface area contributed by atoms with Gasteiger partial charge in [-0.1, -0.05) is 29.8 Å². The van der Waals surface area contributed by atoms with E-state index in [9.17, 15) is 9.59 Å².